The van der Waals surface area contributed by atoms with Crippen molar-refractivity contribution in [3.63, 3.8) is 0 Å². The minimum Gasteiger partial charge on any atom is -0.492 e. The van der Waals surface area contributed by atoms with Crippen LogP contribution in [0.15, 0.2) is 102 Å². The normalized spacial score (nSPS) is 17.7. The average Bonchev–Trinajstić information content (AvgIpc) is 3.72. The second-order valence-electron chi connectivity index (χ2n) is 13.1. The molecule has 12 heteroatoms. The first-order chi connectivity index (χ1) is 24.7. The molecule has 2 aliphatic heterocycles. The number of nitrogens with one attached hydrogen (secondary N) is 1. The minimum atomic E-state index is -4.04. The van der Waals surface area contributed by atoms with Gasteiger partial charge in [-0.25, -0.2) is 17.7 Å². The van der Waals surface area contributed by atoms with Crippen LogP contribution in [0, 0.1) is 13.8 Å². The fraction of sp³-hybridized carbons (Fsp3) is 0.308. The molecule has 2 aromatic heterocycles. The summed E-state index contributed by atoms with van der Waals surface area (Å²) in [6, 6.07) is 23.3. The number of carbonyl (C=O) groups excluding carboxylic acids is 1. The highest BCUT2D eigenvalue weighted by molar-refractivity contribution is 7.92. The first-order valence-corrected chi connectivity index (χ1v) is 18.6. The topological polar surface area (TPSA) is 119 Å². The number of fused-ring (bicyclic) bond motifs is 1. The third kappa shape index (κ3) is 7.39. The number of aromatic nitrogens is 3. The minimum absolute atomic E-state index is 0.172. The summed E-state index contributed by atoms with van der Waals surface area (Å²) in [6.45, 7) is 10.8. The zero-order chi connectivity index (χ0) is 35.5. The van der Waals surface area contributed by atoms with E-state index in [0.29, 0.717) is 24.3 Å². The van der Waals surface area contributed by atoms with Crippen molar-refractivity contribution in [1.82, 2.24) is 25.0 Å². The highest BCUT2D eigenvalue weighted by Crippen LogP contribution is 2.43. The van der Waals surface area contributed by atoms with Crippen LogP contribution in [0.2, 0.25) is 0 Å². The van der Waals surface area contributed by atoms with Crippen molar-refractivity contribution in [3.05, 3.63) is 125 Å². The van der Waals surface area contributed by atoms with Gasteiger partial charge < -0.3 is 14.8 Å². The number of rotatable bonds is 11. The zero-order valence-electron chi connectivity index (χ0n) is 29.0. The van der Waals surface area contributed by atoms with E-state index >= 15 is 0 Å². The lowest BCUT2D eigenvalue weighted by molar-refractivity contribution is 0.0322. The van der Waals surface area contributed by atoms with Gasteiger partial charge in [-0.15, -0.1) is 0 Å². The molecule has 1 amide bonds. The Morgan fingerprint density at radius 2 is 1.75 bits per heavy atom. The molecule has 2 unspecified atom stereocenters. The molecule has 2 atom stereocenters. The van der Waals surface area contributed by atoms with Crippen molar-refractivity contribution in [2.75, 3.05) is 43.8 Å². The van der Waals surface area contributed by atoms with Crippen LogP contribution < -0.4 is 14.4 Å². The summed E-state index contributed by atoms with van der Waals surface area (Å²) in [5, 5.41) is 7.53. The number of aryl methyl sites for hydroxylation is 2. The van der Waals surface area contributed by atoms with Gasteiger partial charge in [0.25, 0.3) is 15.9 Å². The highest BCUT2D eigenvalue weighted by atomic mass is 32.2. The van der Waals surface area contributed by atoms with Gasteiger partial charge in [-0.1, -0.05) is 48.5 Å². The molecule has 3 aromatic carbocycles. The monoisotopic (exact) mass is 706 g/mol. The molecule has 5 aromatic rings. The molecule has 0 aliphatic carbocycles. The number of benzene rings is 3. The van der Waals surface area contributed by atoms with Crippen LogP contribution in [0.25, 0.3) is 11.1 Å². The van der Waals surface area contributed by atoms with Gasteiger partial charge in [-0.3, -0.25) is 14.4 Å². The van der Waals surface area contributed by atoms with Crippen LogP contribution in [0.3, 0.4) is 0 Å². The second-order valence-corrected chi connectivity index (χ2v) is 14.9. The number of ether oxygens (including phenoxy) is 2. The lowest BCUT2D eigenvalue weighted by Crippen LogP contribution is -2.42. The van der Waals surface area contributed by atoms with E-state index in [-0.39, 0.29) is 16.6 Å². The van der Waals surface area contributed by atoms with E-state index in [4.69, 9.17) is 14.5 Å². The van der Waals surface area contributed by atoms with Crippen LogP contribution in [0.1, 0.15) is 45.6 Å². The Morgan fingerprint density at radius 3 is 2.53 bits per heavy atom. The van der Waals surface area contributed by atoms with Gasteiger partial charge in [0.15, 0.2) is 0 Å². The summed E-state index contributed by atoms with van der Waals surface area (Å²) in [4.78, 5) is 21.0. The van der Waals surface area contributed by atoms with Crippen molar-refractivity contribution < 1.29 is 22.7 Å². The van der Waals surface area contributed by atoms with E-state index in [1.54, 1.807) is 36.1 Å². The molecule has 2 aliphatic rings. The van der Waals surface area contributed by atoms with E-state index in [2.05, 4.69) is 15.3 Å². The Morgan fingerprint density at radius 1 is 0.941 bits per heavy atom. The molecule has 11 nitrogen and oxygen atoms in total. The Balaban J connectivity index is 1.18. The smallest absolute Gasteiger partial charge is 0.265 e. The van der Waals surface area contributed by atoms with Crippen LogP contribution in [0.4, 0.5) is 5.82 Å². The van der Waals surface area contributed by atoms with Crippen LogP contribution >= 0.6 is 0 Å². The number of hydrogen-bond acceptors (Lipinski definition) is 8. The van der Waals surface area contributed by atoms with Crippen LogP contribution in [-0.4, -0.2) is 79.5 Å². The van der Waals surface area contributed by atoms with Crippen LogP contribution in [-0.2, 0) is 21.3 Å². The maximum absolute atomic E-state index is 14.3. The maximum Gasteiger partial charge on any atom is 0.265 e. The first-order valence-electron chi connectivity index (χ1n) is 17.2. The Bertz CT molecular complexity index is 2130. The van der Waals surface area contributed by atoms with E-state index in [1.807, 2.05) is 80.6 Å². The molecule has 0 radical (unpaired) electrons. The quantitative estimate of drug-likeness (QED) is 0.194. The van der Waals surface area contributed by atoms with Crippen molar-refractivity contribution >= 4 is 21.7 Å². The lowest BCUT2D eigenvalue weighted by Gasteiger charge is -2.26. The SMILES string of the molecule is Cc1ccc(S(=O)(=O)N2c3ncc(-c4cccc(OCCN5CCOCC5)c4)cc3C(NC(=O)c3cnn(Cc4ccccc4)c3)C2C)cc1C. The van der Waals surface area contributed by atoms with E-state index in [0.717, 1.165) is 66.4 Å². The van der Waals surface area contributed by atoms with Crippen molar-refractivity contribution in [3.8, 4) is 16.9 Å². The molecule has 1 fully saturated rings. The van der Waals surface area contributed by atoms with Gasteiger partial charge in [-0.05, 0) is 73.4 Å². The molecular formula is C39H42N6O5S. The van der Waals surface area contributed by atoms with Gasteiger partial charge in [0.2, 0.25) is 0 Å². The fourth-order valence-electron chi connectivity index (χ4n) is 6.60. The number of pyridine rings is 1. The molecule has 264 valence electrons. The number of nitrogens with zero attached hydrogens (tertiary/aromatic N) is 5. The van der Waals surface area contributed by atoms with E-state index < -0.39 is 22.1 Å². The Hall–Kier alpha value is -5.04. The lowest BCUT2D eigenvalue weighted by atomic mass is 10.0. The molecule has 0 saturated carbocycles. The Labute approximate surface area is 298 Å². The van der Waals surface area contributed by atoms with E-state index in [9.17, 15) is 13.2 Å². The van der Waals surface area contributed by atoms with Gasteiger partial charge in [0.1, 0.15) is 18.2 Å². The summed E-state index contributed by atoms with van der Waals surface area (Å²) in [5.74, 6) is 0.655. The zero-order valence-corrected chi connectivity index (χ0v) is 29.8. The number of carbonyl (C=O) groups is 1. The summed E-state index contributed by atoms with van der Waals surface area (Å²) < 4.78 is 43.2. The standard InChI is InChI=1S/C39H42N6O5S/c1-27-12-13-35(20-28(27)2)51(47,48)45-29(3)37(42-39(46)33-24-41-44(26-33)25-30-8-5-4-6-9-30)36-22-32(23-40-38(36)45)31-10-7-11-34(21-31)50-19-16-43-14-17-49-18-15-43/h4-13,20-24,26,29,37H,14-19,25H2,1-3H3,(H,42,46). The van der Waals surface area contributed by atoms with Crippen molar-refractivity contribution in [1.29, 1.82) is 0 Å². The molecular weight excluding hydrogens is 665 g/mol. The third-order valence-corrected chi connectivity index (χ3v) is 11.5. The van der Waals surface area contributed by atoms with Crippen LogP contribution in [0.5, 0.6) is 5.75 Å². The van der Waals surface area contributed by atoms with Crippen molar-refractivity contribution in [2.24, 2.45) is 0 Å². The average molecular weight is 707 g/mol. The highest BCUT2D eigenvalue weighted by Gasteiger charge is 2.45. The molecule has 4 heterocycles. The maximum atomic E-state index is 14.3. The molecule has 7 rings (SSSR count). The van der Waals surface area contributed by atoms with Gasteiger partial charge >= 0.3 is 0 Å². The fourth-order valence-corrected chi connectivity index (χ4v) is 8.33. The van der Waals surface area contributed by atoms with Crippen molar-refractivity contribution in [2.45, 2.75) is 44.3 Å². The number of morpholine rings is 1. The number of sulfonamides is 1. The number of hydrogen-bond donors (Lipinski definition) is 1. The summed E-state index contributed by atoms with van der Waals surface area (Å²) in [7, 11) is -4.04. The predicted octanol–water partition coefficient (Wildman–Crippen LogP) is 5.39. The van der Waals surface area contributed by atoms with Gasteiger partial charge in [-0.2, -0.15) is 5.10 Å². The number of anilines is 1. The molecule has 0 spiro atoms. The number of amides is 1. The predicted molar refractivity (Wildman–Crippen MR) is 195 cm³/mol. The largest absolute Gasteiger partial charge is 0.492 e. The Kier molecular flexibility index (Phi) is 9.90. The first kappa shape index (κ1) is 34.4. The molecule has 0 bridgehead atoms. The summed E-state index contributed by atoms with van der Waals surface area (Å²) >= 11 is 0. The summed E-state index contributed by atoms with van der Waals surface area (Å²) in [5.41, 5.74) is 5.55. The summed E-state index contributed by atoms with van der Waals surface area (Å²) in [6.07, 6.45) is 4.91. The molecule has 51 heavy (non-hydrogen) atoms. The van der Waals surface area contributed by atoms with E-state index in [1.165, 1.54) is 10.5 Å². The van der Waals surface area contributed by atoms with Gasteiger partial charge in [0.05, 0.1) is 48.5 Å². The molecule has 1 N–H and O–H groups in total. The molecule has 1 saturated heterocycles. The van der Waals surface area contributed by atoms with Gasteiger partial charge in [0, 0.05) is 43.2 Å². The third-order valence-electron chi connectivity index (χ3n) is 9.64. The second kappa shape index (κ2) is 14.7.